The van der Waals surface area contributed by atoms with Gasteiger partial charge in [-0.2, -0.15) is 0 Å². The first-order valence-electron chi connectivity index (χ1n) is 7.56. The third-order valence-electron chi connectivity index (χ3n) is 3.35. The Kier molecular flexibility index (Phi) is 6.53. The van der Waals surface area contributed by atoms with Crippen LogP contribution in [0.15, 0.2) is 53.1 Å². The Morgan fingerprint density at radius 2 is 1.92 bits per heavy atom. The predicted molar refractivity (Wildman–Crippen MR) is 110 cm³/mol. The monoisotopic (exact) mass is 470 g/mol. The van der Waals surface area contributed by atoms with E-state index in [1.807, 2.05) is 24.3 Å². The largest absolute Gasteiger partial charge is 0.484 e. The molecule has 0 saturated heterocycles. The van der Waals surface area contributed by atoms with Crippen molar-refractivity contribution in [3.05, 3.63) is 73.6 Å². The van der Waals surface area contributed by atoms with Gasteiger partial charge in [-0.3, -0.25) is 10.1 Å². The number of halogens is 3. The zero-order valence-corrected chi connectivity index (χ0v) is 17.3. The molecule has 0 bridgehead atoms. The Morgan fingerprint density at radius 1 is 1.15 bits per heavy atom. The van der Waals surface area contributed by atoms with Crippen LogP contribution in [0.1, 0.15) is 10.4 Å². The summed E-state index contributed by atoms with van der Waals surface area (Å²) >= 11 is 16.7. The van der Waals surface area contributed by atoms with E-state index in [2.05, 4.69) is 26.2 Å². The zero-order chi connectivity index (χ0) is 18.5. The summed E-state index contributed by atoms with van der Waals surface area (Å²) in [5, 5.41) is 4.32. The number of benzene rings is 2. The van der Waals surface area contributed by atoms with Gasteiger partial charge in [0.05, 0.1) is 10.0 Å². The number of carbonyl (C=O) groups excluding carboxylic acids is 1. The molecule has 1 amide bonds. The van der Waals surface area contributed by atoms with Crippen LogP contribution < -0.4 is 10.1 Å². The molecule has 0 fully saturated rings. The van der Waals surface area contributed by atoms with E-state index in [1.165, 1.54) is 11.3 Å². The van der Waals surface area contributed by atoms with Crippen molar-refractivity contribution < 1.29 is 9.53 Å². The van der Waals surface area contributed by atoms with Crippen LogP contribution in [0.2, 0.25) is 10.0 Å². The average molecular weight is 472 g/mol. The lowest BCUT2D eigenvalue weighted by atomic mass is 10.1. The Morgan fingerprint density at radius 3 is 2.65 bits per heavy atom. The van der Waals surface area contributed by atoms with Gasteiger partial charge < -0.3 is 4.74 Å². The Hall–Kier alpha value is -1.60. The van der Waals surface area contributed by atoms with E-state index in [-0.39, 0.29) is 12.5 Å². The van der Waals surface area contributed by atoms with Crippen LogP contribution in [0, 0.1) is 0 Å². The van der Waals surface area contributed by atoms with Crippen LogP contribution in [-0.2, 0) is 11.2 Å². The minimum absolute atomic E-state index is 0.0800. The molecule has 3 aromatic rings. The van der Waals surface area contributed by atoms with E-state index >= 15 is 0 Å². The number of ether oxygens (including phenoxy) is 1. The fraction of sp³-hybridized carbons (Fsp3) is 0.111. The van der Waals surface area contributed by atoms with Crippen molar-refractivity contribution in [1.29, 1.82) is 0 Å². The van der Waals surface area contributed by atoms with Crippen molar-refractivity contribution >= 4 is 61.5 Å². The zero-order valence-electron chi connectivity index (χ0n) is 13.3. The lowest BCUT2D eigenvalue weighted by molar-refractivity contribution is -0.118. The minimum atomic E-state index is -0.261. The molecular formula is C18H13BrCl2N2O2S. The second kappa shape index (κ2) is 8.86. The quantitative estimate of drug-likeness (QED) is 0.492. The first kappa shape index (κ1) is 19.2. The van der Waals surface area contributed by atoms with Crippen LogP contribution >= 0.6 is 50.5 Å². The molecule has 0 atom stereocenters. The lowest BCUT2D eigenvalue weighted by Crippen LogP contribution is -2.19. The van der Waals surface area contributed by atoms with E-state index in [1.54, 1.807) is 24.4 Å². The average Bonchev–Trinajstić information content (AvgIpc) is 3.04. The number of nitrogens with zero attached hydrogens (tertiary/aromatic N) is 1. The molecule has 1 aromatic heterocycles. The molecule has 4 nitrogen and oxygen atoms in total. The number of anilines is 1. The number of aromatic nitrogens is 1. The van der Waals surface area contributed by atoms with Gasteiger partial charge in [0.2, 0.25) is 0 Å². The first-order valence-corrected chi connectivity index (χ1v) is 9.93. The van der Waals surface area contributed by atoms with E-state index < -0.39 is 0 Å². The molecular weight excluding hydrogens is 459 g/mol. The first-order chi connectivity index (χ1) is 12.5. The van der Waals surface area contributed by atoms with Crippen molar-refractivity contribution in [3.63, 3.8) is 0 Å². The number of hydrogen-bond donors (Lipinski definition) is 1. The van der Waals surface area contributed by atoms with Gasteiger partial charge >= 0.3 is 0 Å². The van der Waals surface area contributed by atoms with Gasteiger partial charge in [-0.1, -0.05) is 45.2 Å². The summed E-state index contributed by atoms with van der Waals surface area (Å²) in [6.07, 6.45) is 2.40. The van der Waals surface area contributed by atoms with E-state index in [9.17, 15) is 4.79 Å². The highest BCUT2D eigenvalue weighted by atomic mass is 79.9. The van der Waals surface area contributed by atoms with Gasteiger partial charge in [0, 0.05) is 22.0 Å². The molecule has 0 saturated carbocycles. The fourth-order valence-corrected chi connectivity index (χ4v) is 3.58. The third kappa shape index (κ3) is 5.45. The number of carbonyl (C=O) groups is 1. The molecule has 1 heterocycles. The highest BCUT2D eigenvalue weighted by molar-refractivity contribution is 9.10. The SMILES string of the molecule is O=C(COc1ccc(Br)cc1)Nc1ncc(Cc2ccc(Cl)c(Cl)c2)s1. The maximum atomic E-state index is 12.0. The van der Waals surface area contributed by atoms with Crippen molar-refractivity contribution in [3.8, 4) is 5.75 Å². The molecule has 8 heteroatoms. The van der Waals surface area contributed by atoms with E-state index in [0.717, 1.165) is 14.9 Å². The molecule has 3 rings (SSSR count). The smallest absolute Gasteiger partial charge is 0.264 e. The normalized spacial score (nSPS) is 10.6. The molecule has 0 aliphatic rings. The van der Waals surface area contributed by atoms with Gasteiger partial charge in [-0.15, -0.1) is 11.3 Å². The summed E-state index contributed by atoms with van der Waals surface area (Å²) in [4.78, 5) is 17.2. The van der Waals surface area contributed by atoms with Gasteiger partial charge in [0.15, 0.2) is 11.7 Å². The molecule has 0 unspecified atom stereocenters. The van der Waals surface area contributed by atoms with Crippen LogP contribution in [0.4, 0.5) is 5.13 Å². The van der Waals surface area contributed by atoms with Gasteiger partial charge in [0.25, 0.3) is 5.91 Å². The number of hydrogen-bond acceptors (Lipinski definition) is 4. The third-order valence-corrected chi connectivity index (χ3v) is 5.53. The molecule has 26 heavy (non-hydrogen) atoms. The summed E-state index contributed by atoms with van der Waals surface area (Å²) in [5.74, 6) is 0.367. The van der Waals surface area contributed by atoms with E-state index in [4.69, 9.17) is 27.9 Å². The second-order valence-electron chi connectivity index (χ2n) is 5.35. The highest BCUT2D eigenvalue weighted by Crippen LogP contribution is 2.26. The van der Waals surface area contributed by atoms with Crippen LogP contribution in [-0.4, -0.2) is 17.5 Å². The van der Waals surface area contributed by atoms with Crippen molar-refractivity contribution in [2.75, 3.05) is 11.9 Å². The number of amides is 1. The van der Waals surface area contributed by atoms with Crippen molar-refractivity contribution in [1.82, 2.24) is 4.98 Å². The van der Waals surface area contributed by atoms with Crippen molar-refractivity contribution in [2.24, 2.45) is 0 Å². The molecule has 2 aromatic carbocycles. The molecule has 1 N–H and O–H groups in total. The molecule has 0 spiro atoms. The highest BCUT2D eigenvalue weighted by Gasteiger charge is 2.09. The van der Waals surface area contributed by atoms with Gasteiger partial charge in [0.1, 0.15) is 5.75 Å². The summed E-state index contributed by atoms with van der Waals surface area (Å²) in [5.41, 5.74) is 1.03. The Bertz CT molecular complexity index is 916. The van der Waals surface area contributed by atoms with Gasteiger partial charge in [-0.05, 0) is 42.0 Å². The molecule has 0 aliphatic carbocycles. The van der Waals surface area contributed by atoms with E-state index in [0.29, 0.717) is 27.3 Å². The maximum absolute atomic E-state index is 12.0. The van der Waals surface area contributed by atoms with Gasteiger partial charge in [-0.25, -0.2) is 4.98 Å². The van der Waals surface area contributed by atoms with Crippen LogP contribution in [0.25, 0.3) is 0 Å². The number of nitrogens with one attached hydrogen (secondary N) is 1. The standard InChI is InChI=1S/C18H13BrCl2N2O2S/c19-12-2-4-13(5-3-12)25-10-17(24)23-18-22-9-14(26-18)7-11-1-6-15(20)16(21)8-11/h1-6,8-9H,7,10H2,(H,22,23,24). The summed E-state index contributed by atoms with van der Waals surface area (Å²) in [6.45, 7) is -0.0800. The Labute approximate surface area is 173 Å². The molecule has 0 aliphatic heterocycles. The topological polar surface area (TPSA) is 51.2 Å². The second-order valence-corrected chi connectivity index (χ2v) is 8.19. The maximum Gasteiger partial charge on any atom is 0.264 e. The summed E-state index contributed by atoms with van der Waals surface area (Å²) < 4.78 is 6.39. The molecule has 0 radical (unpaired) electrons. The van der Waals surface area contributed by atoms with Crippen LogP contribution in [0.3, 0.4) is 0 Å². The molecule has 134 valence electrons. The number of rotatable bonds is 6. The number of thiazole rings is 1. The minimum Gasteiger partial charge on any atom is -0.484 e. The summed E-state index contributed by atoms with van der Waals surface area (Å²) in [6, 6.07) is 12.8. The van der Waals surface area contributed by atoms with Crippen LogP contribution in [0.5, 0.6) is 5.75 Å². The van der Waals surface area contributed by atoms with Crippen molar-refractivity contribution in [2.45, 2.75) is 6.42 Å². The predicted octanol–water partition coefficient (Wildman–Crippen LogP) is 5.82. The summed E-state index contributed by atoms with van der Waals surface area (Å²) in [7, 11) is 0. The lowest BCUT2D eigenvalue weighted by Gasteiger charge is -2.05. The Balaban J connectivity index is 1.53. The fourth-order valence-electron chi connectivity index (χ4n) is 2.13.